The first-order chi connectivity index (χ1) is 7.78. The highest BCUT2D eigenvalue weighted by Crippen LogP contribution is 2.27. The number of ether oxygens (including phenoxy) is 1. The molecule has 0 fully saturated rings. The minimum absolute atomic E-state index is 0.647. The Balaban J connectivity index is 2.12. The summed E-state index contributed by atoms with van der Waals surface area (Å²) >= 11 is 4.76. The van der Waals surface area contributed by atoms with Gasteiger partial charge in [-0.15, -0.1) is 0 Å². The lowest BCUT2D eigenvalue weighted by Crippen LogP contribution is -2.04. The number of hydrogen-bond donors (Lipinski definition) is 1. The van der Waals surface area contributed by atoms with Crippen molar-refractivity contribution in [2.24, 2.45) is 0 Å². The fraction of sp³-hybridized carbons (Fsp3) is 0.182. The van der Waals surface area contributed by atoms with Gasteiger partial charge >= 0.3 is 0 Å². The predicted molar refractivity (Wildman–Crippen MR) is 69.1 cm³/mol. The van der Waals surface area contributed by atoms with Crippen LogP contribution in [0.3, 0.4) is 0 Å². The molecule has 1 aromatic carbocycles. The van der Waals surface area contributed by atoms with Crippen LogP contribution in [-0.2, 0) is 6.54 Å². The van der Waals surface area contributed by atoms with Crippen molar-refractivity contribution in [2.75, 3.05) is 7.05 Å². The van der Waals surface area contributed by atoms with Crippen molar-refractivity contribution in [3.8, 4) is 10.9 Å². The first-order valence-corrected chi connectivity index (χ1v) is 6.47. The Morgan fingerprint density at radius 1 is 1.50 bits per heavy atom. The summed E-state index contributed by atoms with van der Waals surface area (Å²) in [5.41, 5.74) is 1.19. The van der Waals surface area contributed by atoms with Gasteiger partial charge in [0, 0.05) is 11.9 Å². The summed E-state index contributed by atoms with van der Waals surface area (Å²) in [7, 11) is 1.92. The average molecular weight is 299 g/mol. The average Bonchev–Trinajstić information content (AvgIpc) is 2.65. The maximum absolute atomic E-state index is 5.64. The normalized spacial score (nSPS) is 10.4. The monoisotopic (exact) mass is 298 g/mol. The van der Waals surface area contributed by atoms with Crippen LogP contribution in [0.2, 0.25) is 0 Å². The van der Waals surface area contributed by atoms with E-state index >= 15 is 0 Å². The van der Waals surface area contributed by atoms with E-state index in [1.165, 1.54) is 16.9 Å². The van der Waals surface area contributed by atoms with Crippen molar-refractivity contribution >= 4 is 27.3 Å². The van der Waals surface area contributed by atoms with E-state index in [1.54, 1.807) is 0 Å². The number of hydrogen-bond acceptors (Lipinski definition) is 4. The van der Waals surface area contributed by atoms with Crippen LogP contribution in [0, 0.1) is 0 Å². The van der Waals surface area contributed by atoms with Gasteiger partial charge in [-0.25, -0.2) is 0 Å². The van der Waals surface area contributed by atoms with Crippen LogP contribution in [0.25, 0.3) is 0 Å². The Bertz CT molecular complexity index is 473. The van der Waals surface area contributed by atoms with Gasteiger partial charge < -0.3 is 10.1 Å². The summed E-state index contributed by atoms with van der Waals surface area (Å²) in [6, 6.07) is 7.96. The van der Waals surface area contributed by atoms with E-state index in [-0.39, 0.29) is 0 Å². The summed E-state index contributed by atoms with van der Waals surface area (Å²) in [6.07, 6.45) is 0. The van der Waals surface area contributed by atoms with Crippen molar-refractivity contribution in [1.82, 2.24) is 10.3 Å². The van der Waals surface area contributed by atoms with Gasteiger partial charge in [0.05, 0.1) is 0 Å². The van der Waals surface area contributed by atoms with E-state index in [0.717, 1.165) is 16.9 Å². The number of halogens is 1. The Hall–Kier alpha value is -0.910. The second-order valence-corrected chi connectivity index (χ2v) is 4.85. The minimum atomic E-state index is 0.647. The molecule has 2 rings (SSSR count). The van der Waals surface area contributed by atoms with Gasteiger partial charge in [0.2, 0.25) is 0 Å². The molecule has 3 nitrogen and oxygen atoms in total. The van der Waals surface area contributed by atoms with Crippen LogP contribution < -0.4 is 10.1 Å². The molecule has 0 radical (unpaired) electrons. The third-order valence-electron chi connectivity index (χ3n) is 1.94. The number of aromatic nitrogens is 1. The minimum Gasteiger partial charge on any atom is -0.431 e. The molecule has 0 aliphatic rings. The largest absolute Gasteiger partial charge is 0.431 e. The SMILES string of the molecule is CNCc1cccc(Oc2nc(Br)cs2)c1. The fourth-order valence-electron chi connectivity index (χ4n) is 1.31. The van der Waals surface area contributed by atoms with E-state index in [9.17, 15) is 0 Å². The zero-order valence-electron chi connectivity index (χ0n) is 8.74. The van der Waals surface area contributed by atoms with E-state index in [2.05, 4.69) is 32.3 Å². The first-order valence-electron chi connectivity index (χ1n) is 4.80. The van der Waals surface area contributed by atoms with Gasteiger partial charge in [-0.1, -0.05) is 23.5 Å². The lowest BCUT2D eigenvalue weighted by Gasteiger charge is -2.04. The molecule has 1 N–H and O–H groups in total. The molecule has 84 valence electrons. The van der Waals surface area contributed by atoms with Crippen LogP contribution in [0.15, 0.2) is 34.2 Å². The molecular formula is C11H11BrN2OS. The Kier molecular flexibility index (Phi) is 3.93. The molecule has 0 bridgehead atoms. The summed E-state index contributed by atoms with van der Waals surface area (Å²) in [4.78, 5) is 4.18. The van der Waals surface area contributed by atoms with E-state index in [4.69, 9.17) is 4.74 Å². The van der Waals surface area contributed by atoms with Gasteiger partial charge in [-0.2, -0.15) is 4.98 Å². The van der Waals surface area contributed by atoms with Crippen molar-refractivity contribution in [3.63, 3.8) is 0 Å². The number of nitrogens with zero attached hydrogens (tertiary/aromatic N) is 1. The van der Waals surface area contributed by atoms with Gasteiger partial charge in [0.1, 0.15) is 10.4 Å². The number of nitrogens with one attached hydrogen (secondary N) is 1. The van der Waals surface area contributed by atoms with Crippen LogP contribution in [0.5, 0.6) is 10.9 Å². The Labute approximate surface area is 107 Å². The molecule has 0 aliphatic heterocycles. The molecule has 1 heterocycles. The molecular weight excluding hydrogens is 288 g/mol. The van der Waals surface area contributed by atoms with Crippen molar-refractivity contribution < 1.29 is 4.74 Å². The van der Waals surface area contributed by atoms with Crippen molar-refractivity contribution in [3.05, 3.63) is 39.8 Å². The number of benzene rings is 1. The second kappa shape index (κ2) is 5.43. The molecule has 0 unspecified atom stereocenters. The summed E-state index contributed by atoms with van der Waals surface area (Å²) in [5.74, 6) is 0.814. The molecule has 0 spiro atoms. The van der Waals surface area contributed by atoms with Gasteiger partial charge in [-0.05, 0) is 40.7 Å². The van der Waals surface area contributed by atoms with Gasteiger partial charge in [0.15, 0.2) is 0 Å². The highest BCUT2D eigenvalue weighted by Gasteiger charge is 2.02. The zero-order valence-corrected chi connectivity index (χ0v) is 11.1. The lowest BCUT2D eigenvalue weighted by atomic mass is 10.2. The molecule has 0 saturated heterocycles. The summed E-state index contributed by atoms with van der Waals surface area (Å²) in [6.45, 7) is 0.832. The van der Waals surface area contributed by atoms with Crippen molar-refractivity contribution in [1.29, 1.82) is 0 Å². The lowest BCUT2D eigenvalue weighted by molar-refractivity contribution is 0.477. The van der Waals surface area contributed by atoms with Crippen molar-refractivity contribution in [2.45, 2.75) is 6.54 Å². The molecule has 0 saturated carbocycles. The number of rotatable bonds is 4. The van der Waals surface area contributed by atoms with Gasteiger partial charge in [-0.3, -0.25) is 0 Å². The third-order valence-corrected chi connectivity index (χ3v) is 3.37. The molecule has 0 amide bonds. The summed E-state index contributed by atoms with van der Waals surface area (Å²) < 4.78 is 6.44. The van der Waals surface area contributed by atoms with E-state index in [1.807, 2.05) is 30.6 Å². The molecule has 2 aromatic rings. The van der Waals surface area contributed by atoms with E-state index in [0.29, 0.717) is 5.19 Å². The van der Waals surface area contributed by atoms with Gasteiger partial charge in [0.25, 0.3) is 5.19 Å². The van der Waals surface area contributed by atoms with E-state index < -0.39 is 0 Å². The topological polar surface area (TPSA) is 34.1 Å². The zero-order chi connectivity index (χ0) is 11.4. The highest BCUT2D eigenvalue weighted by molar-refractivity contribution is 9.10. The standard InChI is InChI=1S/C11H11BrN2OS/c1-13-6-8-3-2-4-9(5-8)15-11-14-10(12)7-16-11/h2-5,7,13H,6H2,1H3. The smallest absolute Gasteiger partial charge is 0.279 e. The predicted octanol–water partition coefficient (Wildman–Crippen LogP) is 3.42. The van der Waals surface area contributed by atoms with Crippen LogP contribution in [-0.4, -0.2) is 12.0 Å². The molecule has 0 aliphatic carbocycles. The molecule has 5 heteroatoms. The maximum atomic E-state index is 5.64. The molecule has 16 heavy (non-hydrogen) atoms. The first kappa shape index (κ1) is 11.6. The van der Waals surface area contributed by atoms with Crippen LogP contribution in [0.1, 0.15) is 5.56 Å². The maximum Gasteiger partial charge on any atom is 0.279 e. The Morgan fingerprint density at radius 3 is 3.06 bits per heavy atom. The van der Waals surface area contributed by atoms with Crippen LogP contribution in [0.4, 0.5) is 0 Å². The molecule has 0 atom stereocenters. The Morgan fingerprint density at radius 2 is 2.38 bits per heavy atom. The fourth-order valence-corrected chi connectivity index (χ4v) is 2.41. The van der Waals surface area contributed by atoms with Crippen LogP contribution >= 0.6 is 27.3 Å². The third kappa shape index (κ3) is 3.04. The highest BCUT2D eigenvalue weighted by atomic mass is 79.9. The second-order valence-electron chi connectivity index (χ2n) is 3.22. The number of thiazole rings is 1. The quantitative estimate of drug-likeness (QED) is 0.939. The molecule has 1 aromatic heterocycles. The summed E-state index contributed by atoms with van der Waals surface area (Å²) in [5, 5.41) is 5.65.